The second kappa shape index (κ2) is 5.02. The molecule has 0 aromatic carbocycles. The molecule has 0 saturated carbocycles. The highest BCUT2D eigenvalue weighted by Gasteiger charge is 2.33. The van der Waals surface area contributed by atoms with Gasteiger partial charge in [-0.2, -0.15) is 0 Å². The molecule has 0 spiro atoms. The maximum atomic E-state index is 5.84. The number of rotatable bonds is 3. The maximum absolute atomic E-state index is 5.84. The zero-order valence-corrected chi connectivity index (χ0v) is 11.2. The van der Waals surface area contributed by atoms with Gasteiger partial charge in [-0.05, 0) is 32.2 Å². The number of nitrogens with zero attached hydrogens (tertiary/aromatic N) is 2. The number of hydrogen-bond acceptors (Lipinski definition) is 3. The number of aromatic nitrogens is 2. The van der Waals surface area contributed by atoms with Gasteiger partial charge in [0.05, 0.1) is 19.0 Å². The normalized spacial score (nSPS) is 32.8. The van der Waals surface area contributed by atoms with Crippen molar-refractivity contribution in [3.05, 3.63) is 18.2 Å². The molecule has 1 aromatic rings. The Labute approximate surface area is 109 Å². The van der Waals surface area contributed by atoms with Crippen LogP contribution in [0.2, 0.25) is 0 Å². The van der Waals surface area contributed by atoms with Crippen LogP contribution in [0.25, 0.3) is 0 Å². The zero-order chi connectivity index (χ0) is 12.4. The molecule has 0 radical (unpaired) electrons. The van der Waals surface area contributed by atoms with Gasteiger partial charge in [0.2, 0.25) is 0 Å². The molecule has 2 atom stereocenters. The molecule has 2 fully saturated rings. The highest BCUT2D eigenvalue weighted by Crippen LogP contribution is 2.30. The zero-order valence-electron chi connectivity index (χ0n) is 11.2. The molecule has 0 aliphatic carbocycles. The maximum Gasteiger partial charge on any atom is 0.0949 e. The highest BCUT2D eigenvalue weighted by atomic mass is 16.5. The van der Waals surface area contributed by atoms with Gasteiger partial charge in [-0.1, -0.05) is 6.92 Å². The second-order valence-electron chi connectivity index (χ2n) is 5.91. The van der Waals surface area contributed by atoms with Gasteiger partial charge in [0.25, 0.3) is 0 Å². The summed E-state index contributed by atoms with van der Waals surface area (Å²) in [6.07, 6.45) is 9.29. The van der Waals surface area contributed by atoms with Crippen LogP contribution >= 0.6 is 0 Å². The van der Waals surface area contributed by atoms with Crippen LogP contribution in [0.3, 0.4) is 0 Å². The summed E-state index contributed by atoms with van der Waals surface area (Å²) in [5.74, 6) is 0. The molecule has 2 aliphatic heterocycles. The summed E-state index contributed by atoms with van der Waals surface area (Å²) in [5.41, 5.74) is 1.60. The first-order valence-electron chi connectivity index (χ1n) is 7.11. The van der Waals surface area contributed by atoms with Crippen LogP contribution < -0.4 is 5.32 Å². The van der Waals surface area contributed by atoms with Gasteiger partial charge < -0.3 is 14.6 Å². The van der Waals surface area contributed by atoms with Crippen LogP contribution in [0.4, 0.5) is 0 Å². The van der Waals surface area contributed by atoms with Gasteiger partial charge in [-0.25, -0.2) is 4.98 Å². The molecule has 4 nitrogen and oxygen atoms in total. The van der Waals surface area contributed by atoms with Gasteiger partial charge >= 0.3 is 0 Å². The lowest BCUT2D eigenvalue weighted by atomic mass is 9.86. The Morgan fingerprint density at radius 1 is 1.56 bits per heavy atom. The molecule has 100 valence electrons. The first kappa shape index (κ1) is 12.2. The monoisotopic (exact) mass is 249 g/mol. The van der Waals surface area contributed by atoms with Crippen LogP contribution in [-0.2, 0) is 16.7 Å². The molecule has 2 unspecified atom stereocenters. The van der Waals surface area contributed by atoms with E-state index < -0.39 is 0 Å². The fourth-order valence-corrected chi connectivity index (χ4v) is 3.18. The molecular formula is C14H23N3O. The van der Waals surface area contributed by atoms with E-state index in [-0.39, 0.29) is 5.41 Å². The number of ether oxygens (including phenoxy) is 1. The first-order chi connectivity index (χ1) is 8.78. The summed E-state index contributed by atoms with van der Waals surface area (Å²) in [7, 11) is 0. The molecule has 18 heavy (non-hydrogen) atoms. The van der Waals surface area contributed by atoms with Gasteiger partial charge in [-0.3, -0.25) is 0 Å². The minimum absolute atomic E-state index is 0.241. The first-order valence-corrected chi connectivity index (χ1v) is 7.11. The van der Waals surface area contributed by atoms with E-state index >= 15 is 0 Å². The smallest absolute Gasteiger partial charge is 0.0949 e. The Balaban J connectivity index is 1.74. The summed E-state index contributed by atoms with van der Waals surface area (Å²) in [6, 6.07) is 0. The Kier molecular flexibility index (Phi) is 3.39. The molecule has 1 aromatic heterocycles. The lowest BCUT2D eigenvalue weighted by Gasteiger charge is -2.28. The second-order valence-corrected chi connectivity index (χ2v) is 5.91. The molecular weight excluding hydrogens is 226 g/mol. The van der Waals surface area contributed by atoms with Gasteiger partial charge in [-0.15, -0.1) is 0 Å². The van der Waals surface area contributed by atoms with Gasteiger partial charge in [0.1, 0.15) is 0 Å². The third-order valence-corrected chi connectivity index (χ3v) is 4.37. The molecule has 3 rings (SSSR count). The summed E-state index contributed by atoms with van der Waals surface area (Å²) < 4.78 is 8.15. The van der Waals surface area contributed by atoms with E-state index in [0.29, 0.717) is 6.10 Å². The standard InChI is InChI=1S/C14H23N3O/c1-14(5-6-15-10-14)13-8-16-11-17(13)9-12-4-2-3-7-18-12/h8,11-12,15H,2-7,9-10H2,1H3. The topological polar surface area (TPSA) is 39.1 Å². The van der Waals surface area contributed by atoms with Crippen molar-refractivity contribution in [1.29, 1.82) is 0 Å². The summed E-state index contributed by atoms with van der Waals surface area (Å²) >= 11 is 0. The summed E-state index contributed by atoms with van der Waals surface area (Å²) in [6.45, 7) is 6.40. The molecule has 0 amide bonds. The van der Waals surface area contributed by atoms with E-state index in [4.69, 9.17) is 4.74 Å². The molecule has 4 heteroatoms. The lowest BCUT2D eigenvalue weighted by molar-refractivity contribution is 0.00518. The van der Waals surface area contributed by atoms with Crippen LogP contribution in [0.1, 0.15) is 38.3 Å². The minimum Gasteiger partial charge on any atom is -0.376 e. The highest BCUT2D eigenvalue weighted by molar-refractivity contribution is 5.17. The fraction of sp³-hybridized carbons (Fsp3) is 0.786. The minimum atomic E-state index is 0.241. The van der Waals surface area contributed by atoms with Crippen molar-refractivity contribution in [1.82, 2.24) is 14.9 Å². The van der Waals surface area contributed by atoms with Crippen molar-refractivity contribution in [2.75, 3.05) is 19.7 Å². The Hall–Kier alpha value is -0.870. The van der Waals surface area contributed by atoms with Crippen molar-refractivity contribution >= 4 is 0 Å². The third kappa shape index (κ3) is 2.31. The fourth-order valence-electron chi connectivity index (χ4n) is 3.18. The van der Waals surface area contributed by atoms with Crippen LogP contribution in [-0.4, -0.2) is 35.4 Å². The number of imidazole rings is 1. The van der Waals surface area contributed by atoms with Crippen molar-refractivity contribution < 1.29 is 4.74 Å². The SMILES string of the molecule is CC1(c2cncn2CC2CCCCO2)CCNC1. The number of nitrogens with one attached hydrogen (secondary N) is 1. The molecule has 3 heterocycles. The predicted octanol–water partition coefficient (Wildman–Crippen LogP) is 1.70. The lowest BCUT2D eigenvalue weighted by Crippen LogP contribution is -2.31. The largest absolute Gasteiger partial charge is 0.376 e. The van der Waals surface area contributed by atoms with Crippen molar-refractivity contribution in [2.24, 2.45) is 0 Å². The van der Waals surface area contributed by atoms with Crippen molar-refractivity contribution in [2.45, 2.75) is 50.7 Å². The Bertz CT molecular complexity index is 389. The van der Waals surface area contributed by atoms with E-state index in [9.17, 15) is 0 Å². The predicted molar refractivity (Wildman–Crippen MR) is 70.7 cm³/mol. The summed E-state index contributed by atoms with van der Waals surface area (Å²) in [5, 5.41) is 3.46. The van der Waals surface area contributed by atoms with Crippen LogP contribution in [0, 0.1) is 0 Å². The molecule has 2 saturated heterocycles. The number of hydrogen-bond donors (Lipinski definition) is 1. The van der Waals surface area contributed by atoms with Gasteiger partial charge in [0, 0.05) is 30.5 Å². The average molecular weight is 249 g/mol. The third-order valence-electron chi connectivity index (χ3n) is 4.37. The molecule has 2 aliphatic rings. The van der Waals surface area contributed by atoms with E-state index in [1.54, 1.807) is 0 Å². The Morgan fingerprint density at radius 3 is 3.22 bits per heavy atom. The van der Waals surface area contributed by atoms with E-state index in [2.05, 4.69) is 21.8 Å². The quantitative estimate of drug-likeness (QED) is 0.886. The van der Waals surface area contributed by atoms with Gasteiger partial charge in [0.15, 0.2) is 0 Å². The van der Waals surface area contributed by atoms with E-state index in [1.807, 2.05) is 12.5 Å². The van der Waals surface area contributed by atoms with Crippen LogP contribution in [0.15, 0.2) is 12.5 Å². The molecule has 1 N–H and O–H groups in total. The summed E-state index contributed by atoms with van der Waals surface area (Å²) in [4.78, 5) is 4.36. The van der Waals surface area contributed by atoms with Crippen molar-refractivity contribution in [3.63, 3.8) is 0 Å². The average Bonchev–Trinajstić information content (AvgIpc) is 3.00. The van der Waals surface area contributed by atoms with E-state index in [0.717, 1.165) is 26.2 Å². The Morgan fingerprint density at radius 2 is 2.50 bits per heavy atom. The van der Waals surface area contributed by atoms with Crippen LogP contribution in [0.5, 0.6) is 0 Å². The van der Waals surface area contributed by atoms with E-state index in [1.165, 1.54) is 31.4 Å². The molecule has 0 bridgehead atoms. The van der Waals surface area contributed by atoms with Crippen molar-refractivity contribution in [3.8, 4) is 0 Å².